The van der Waals surface area contributed by atoms with Crippen molar-refractivity contribution >= 4 is 44.3 Å². The first kappa shape index (κ1) is 18.1. The van der Waals surface area contributed by atoms with Crippen LogP contribution in [0.2, 0.25) is 0 Å². The lowest BCUT2D eigenvalue weighted by Crippen LogP contribution is -2.17. The van der Waals surface area contributed by atoms with Crippen molar-refractivity contribution in [3.8, 4) is 0 Å². The SMILES string of the molecule is O=C(Nc1cc(Br)ccc1F)c1ccccc1C(=O)c1ccc2nc[nH]c2c1. The van der Waals surface area contributed by atoms with E-state index in [2.05, 4.69) is 31.2 Å². The highest BCUT2D eigenvalue weighted by Crippen LogP contribution is 2.23. The van der Waals surface area contributed by atoms with E-state index in [9.17, 15) is 14.0 Å². The van der Waals surface area contributed by atoms with Crippen LogP contribution in [0.15, 0.2) is 71.5 Å². The van der Waals surface area contributed by atoms with Crippen LogP contribution in [-0.4, -0.2) is 21.7 Å². The summed E-state index contributed by atoms with van der Waals surface area (Å²) in [6.07, 6.45) is 1.55. The minimum Gasteiger partial charge on any atom is -0.345 e. The number of amides is 1. The Morgan fingerprint density at radius 1 is 1.00 bits per heavy atom. The van der Waals surface area contributed by atoms with Crippen molar-refractivity contribution in [2.24, 2.45) is 0 Å². The smallest absolute Gasteiger partial charge is 0.256 e. The third-order valence-corrected chi connectivity index (χ3v) is 4.77. The normalized spacial score (nSPS) is 10.8. The van der Waals surface area contributed by atoms with E-state index in [4.69, 9.17) is 0 Å². The van der Waals surface area contributed by atoms with Crippen molar-refractivity contribution in [2.75, 3.05) is 5.32 Å². The molecule has 0 unspecified atom stereocenters. The second-order valence-corrected chi connectivity index (χ2v) is 7.00. The van der Waals surface area contributed by atoms with E-state index in [1.54, 1.807) is 42.7 Å². The average Bonchev–Trinajstić information content (AvgIpc) is 3.18. The lowest BCUT2D eigenvalue weighted by molar-refractivity contribution is 0.0996. The van der Waals surface area contributed by atoms with Crippen molar-refractivity contribution in [1.29, 1.82) is 0 Å². The van der Waals surface area contributed by atoms with Crippen molar-refractivity contribution in [2.45, 2.75) is 0 Å². The highest BCUT2D eigenvalue weighted by atomic mass is 79.9. The van der Waals surface area contributed by atoms with E-state index in [1.807, 2.05) is 0 Å². The summed E-state index contributed by atoms with van der Waals surface area (Å²) in [5.74, 6) is -1.44. The molecule has 1 amide bonds. The number of nitrogens with one attached hydrogen (secondary N) is 2. The molecule has 0 atom stereocenters. The molecule has 0 saturated heterocycles. The highest BCUT2D eigenvalue weighted by Gasteiger charge is 2.19. The first-order valence-electron chi connectivity index (χ1n) is 8.36. The van der Waals surface area contributed by atoms with Gasteiger partial charge in [0.15, 0.2) is 5.78 Å². The highest BCUT2D eigenvalue weighted by molar-refractivity contribution is 9.10. The van der Waals surface area contributed by atoms with Crippen LogP contribution in [-0.2, 0) is 0 Å². The van der Waals surface area contributed by atoms with E-state index in [0.29, 0.717) is 10.0 Å². The van der Waals surface area contributed by atoms with E-state index < -0.39 is 11.7 Å². The zero-order valence-electron chi connectivity index (χ0n) is 14.4. The molecule has 4 aromatic rings. The quantitative estimate of drug-likeness (QED) is 0.443. The first-order valence-corrected chi connectivity index (χ1v) is 9.15. The third-order valence-electron chi connectivity index (χ3n) is 4.28. The number of aromatic nitrogens is 2. The molecule has 0 spiro atoms. The van der Waals surface area contributed by atoms with Crippen molar-refractivity contribution in [3.63, 3.8) is 0 Å². The van der Waals surface area contributed by atoms with Crippen LogP contribution in [0.1, 0.15) is 26.3 Å². The number of carbonyl (C=O) groups is 2. The van der Waals surface area contributed by atoms with Gasteiger partial charge in [0.2, 0.25) is 0 Å². The summed E-state index contributed by atoms with van der Waals surface area (Å²) in [7, 11) is 0. The maximum Gasteiger partial charge on any atom is 0.256 e. The number of rotatable bonds is 4. The second kappa shape index (κ2) is 7.36. The third kappa shape index (κ3) is 3.44. The lowest BCUT2D eigenvalue weighted by Gasteiger charge is -2.11. The fourth-order valence-corrected chi connectivity index (χ4v) is 3.26. The molecule has 0 aliphatic heterocycles. The number of anilines is 1. The minimum absolute atomic E-state index is 0.0282. The summed E-state index contributed by atoms with van der Waals surface area (Å²) in [5, 5.41) is 2.53. The predicted octanol–water partition coefficient (Wildman–Crippen LogP) is 4.95. The summed E-state index contributed by atoms with van der Waals surface area (Å²) in [6, 6.07) is 15.8. The maximum atomic E-state index is 14.0. The topological polar surface area (TPSA) is 74.8 Å². The number of H-pyrrole nitrogens is 1. The summed E-state index contributed by atoms with van der Waals surface area (Å²) in [6.45, 7) is 0. The largest absolute Gasteiger partial charge is 0.345 e. The molecule has 0 aliphatic rings. The molecule has 5 nitrogen and oxygen atoms in total. The van der Waals surface area contributed by atoms with Crippen LogP contribution >= 0.6 is 15.9 Å². The average molecular weight is 438 g/mol. The van der Waals surface area contributed by atoms with Crippen LogP contribution in [0.3, 0.4) is 0 Å². The van der Waals surface area contributed by atoms with Gasteiger partial charge in [0, 0.05) is 15.6 Å². The molecule has 4 rings (SSSR count). The van der Waals surface area contributed by atoms with Gasteiger partial charge in [-0.15, -0.1) is 0 Å². The zero-order valence-corrected chi connectivity index (χ0v) is 16.0. The van der Waals surface area contributed by atoms with E-state index >= 15 is 0 Å². The Hall–Kier alpha value is -3.32. The fraction of sp³-hybridized carbons (Fsp3) is 0. The van der Waals surface area contributed by atoms with Gasteiger partial charge in [-0.2, -0.15) is 0 Å². The summed E-state index contributed by atoms with van der Waals surface area (Å²) in [5.41, 5.74) is 2.31. The number of benzene rings is 3. The number of carbonyl (C=O) groups excluding carboxylic acids is 2. The molecule has 0 bridgehead atoms. The molecule has 138 valence electrons. The lowest BCUT2D eigenvalue weighted by atomic mass is 9.97. The van der Waals surface area contributed by atoms with Gasteiger partial charge in [-0.1, -0.05) is 34.1 Å². The van der Waals surface area contributed by atoms with Gasteiger partial charge in [0.1, 0.15) is 5.82 Å². The molecular weight excluding hydrogens is 425 g/mol. The zero-order chi connectivity index (χ0) is 19.7. The van der Waals surface area contributed by atoms with Gasteiger partial charge in [-0.05, 0) is 42.5 Å². The number of ketones is 1. The van der Waals surface area contributed by atoms with Crippen LogP contribution in [0, 0.1) is 5.82 Å². The maximum absolute atomic E-state index is 14.0. The molecule has 28 heavy (non-hydrogen) atoms. The molecule has 0 aliphatic carbocycles. The van der Waals surface area contributed by atoms with Gasteiger partial charge in [-0.3, -0.25) is 9.59 Å². The van der Waals surface area contributed by atoms with Crippen molar-refractivity contribution in [3.05, 3.63) is 94.0 Å². The number of nitrogens with zero attached hydrogens (tertiary/aromatic N) is 1. The van der Waals surface area contributed by atoms with Gasteiger partial charge in [0.05, 0.1) is 28.6 Å². The molecule has 1 heterocycles. The molecule has 0 radical (unpaired) electrons. The molecule has 2 N–H and O–H groups in total. The molecular formula is C21H13BrFN3O2. The van der Waals surface area contributed by atoms with Gasteiger partial charge < -0.3 is 10.3 Å². The Morgan fingerprint density at radius 3 is 2.61 bits per heavy atom. The van der Waals surface area contributed by atoms with E-state index in [0.717, 1.165) is 11.0 Å². The van der Waals surface area contributed by atoms with Crippen LogP contribution < -0.4 is 5.32 Å². The monoisotopic (exact) mass is 437 g/mol. The Morgan fingerprint density at radius 2 is 1.79 bits per heavy atom. The second-order valence-electron chi connectivity index (χ2n) is 6.09. The Labute approximate surface area is 167 Å². The number of imidazole rings is 1. The van der Waals surface area contributed by atoms with Crippen LogP contribution in [0.25, 0.3) is 11.0 Å². The Balaban J connectivity index is 1.68. The van der Waals surface area contributed by atoms with E-state index in [1.165, 1.54) is 24.3 Å². The standard InChI is InChI=1S/C21H13BrFN3O2/c22-13-6-7-16(23)18(10-13)26-21(28)15-4-2-1-3-14(15)20(27)12-5-8-17-19(9-12)25-11-24-17/h1-11H,(H,24,25)(H,26,28). The van der Waals surface area contributed by atoms with Crippen molar-refractivity contribution in [1.82, 2.24) is 9.97 Å². The number of hydrogen-bond donors (Lipinski definition) is 2. The summed E-state index contributed by atoms with van der Waals surface area (Å²) >= 11 is 3.25. The summed E-state index contributed by atoms with van der Waals surface area (Å²) < 4.78 is 14.6. The number of aromatic amines is 1. The van der Waals surface area contributed by atoms with Gasteiger partial charge in [-0.25, -0.2) is 9.37 Å². The Bertz CT molecular complexity index is 1220. The molecule has 7 heteroatoms. The first-order chi connectivity index (χ1) is 13.5. The van der Waals surface area contributed by atoms with Gasteiger partial charge >= 0.3 is 0 Å². The van der Waals surface area contributed by atoms with Crippen molar-refractivity contribution < 1.29 is 14.0 Å². The van der Waals surface area contributed by atoms with E-state index in [-0.39, 0.29) is 22.6 Å². The van der Waals surface area contributed by atoms with Crippen LogP contribution in [0.5, 0.6) is 0 Å². The Kier molecular flexibility index (Phi) is 4.75. The number of halogens is 2. The number of hydrogen-bond acceptors (Lipinski definition) is 3. The fourth-order valence-electron chi connectivity index (χ4n) is 2.89. The summed E-state index contributed by atoms with van der Waals surface area (Å²) in [4.78, 5) is 32.8. The number of fused-ring (bicyclic) bond motifs is 1. The molecule has 3 aromatic carbocycles. The predicted molar refractivity (Wildman–Crippen MR) is 108 cm³/mol. The van der Waals surface area contributed by atoms with Crippen LogP contribution in [0.4, 0.5) is 10.1 Å². The minimum atomic E-state index is -0.566. The molecule has 1 aromatic heterocycles. The molecule has 0 fully saturated rings. The van der Waals surface area contributed by atoms with Gasteiger partial charge in [0.25, 0.3) is 5.91 Å². The molecule has 0 saturated carbocycles.